The fraction of sp³-hybridized carbons (Fsp3) is 0.261. The molecule has 5 aliphatic rings. The zero-order valence-corrected chi connectivity index (χ0v) is 28.0. The number of rotatable bonds is 5. The fourth-order valence-corrected chi connectivity index (χ4v) is 9.73. The monoisotopic (exact) mass is 646 g/mol. The van der Waals surface area contributed by atoms with Gasteiger partial charge in [-0.2, -0.15) is 0 Å². The molecule has 2 aliphatic heterocycles. The first-order valence-corrected chi connectivity index (χ1v) is 18.7. The predicted molar refractivity (Wildman–Crippen MR) is 205 cm³/mol. The average Bonchev–Trinajstić information content (AvgIpc) is 3.73. The summed E-state index contributed by atoms with van der Waals surface area (Å²) in [5, 5.41) is 8.84. The number of benzene rings is 6. The van der Waals surface area contributed by atoms with Crippen LogP contribution in [0.15, 0.2) is 114 Å². The predicted octanol–water partition coefficient (Wildman–Crippen LogP) is 10.8. The summed E-state index contributed by atoms with van der Waals surface area (Å²) in [6.45, 7) is 0. The minimum atomic E-state index is 0.480. The SMILES string of the molecule is c1cc2c(cc1-c1ccc3cc(-c4ccc5cc(-c6ccc7nc(C8C[C@@H]9C[C@@H]9C8)[nH]c7c6)ccc5c4)ccc3c1)CC([C@@H]1C[C@H]3C[C@H]3N1)=N2. The summed E-state index contributed by atoms with van der Waals surface area (Å²) in [5.74, 6) is 4.64. The lowest BCUT2D eigenvalue weighted by Gasteiger charge is -2.12. The van der Waals surface area contributed by atoms with Crippen LogP contribution in [0, 0.1) is 17.8 Å². The van der Waals surface area contributed by atoms with Gasteiger partial charge in [0.15, 0.2) is 0 Å². The van der Waals surface area contributed by atoms with Crippen molar-refractivity contribution >= 4 is 44.0 Å². The van der Waals surface area contributed by atoms with Gasteiger partial charge in [0.1, 0.15) is 5.82 Å². The molecule has 3 heterocycles. The van der Waals surface area contributed by atoms with Crippen LogP contribution in [0.2, 0.25) is 0 Å². The number of hydrogen-bond donors (Lipinski definition) is 2. The van der Waals surface area contributed by atoms with Crippen molar-refractivity contribution in [1.29, 1.82) is 0 Å². The molecule has 7 aromatic rings. The Morgan fingerprint density at radius 2 is 1.10 bits per heavy atom. The van der Waals surface area contributed by atoms with Crippen LogP contribution >= 0.6 is 0 Å². The largest absolute Gasteiger partial charge is 0.342 e. The highest BCUT2D eigenvalue weighted by Crippen LogP contribution is 2.57. The first-order chi connectivity index (χ1) is 24.6. The maximum absolute atomic E-state index is 5.02. The number of aromatic nitrogens is 2. The first-order valence-electron chi connectivity index (χ1n) is 18.7. The highest BCUT2D eigenvalue weighted by atomic mass is 15.1. The second-order valence-electron chi connectivity index (χ2n) is 16.0. The molecule has 0 bridgehead atoms. The maximum Gasteiger partial charge on any atom is 0.110 e. The summed E-state index contributed by atoms with van der Waals surface area (Å²) < 4.78 is 0. The molecule has 1 saturated heterocycles. The van der Waals surface area contributed by atoms with Crippen molar-refractivity contribution in [3.8, 4) is 33.4 Å². The normalized spacial score (nSPS) is 26.0. The Morgan fingerprint density at radius 3 is 1.72 bits per heavy atom. The van der Waals surface area contributed by atoms with E-state index in [1.54, 1.807) is 0 Å². The molecule has 4 fully saturated rings. The molecule has 0 radical (unpaired) electrons. The number of piperidine rings is 1. The van der Waals surface area contributed by atoms with E-state index in [0.29, 0.717) is 12.0 Å². The van der Waals surface area contributed by atoms with Crippen molar-refractivity contribution in [2.24, 2.45) is 22.7 Å². The number of nitrogens with one attached hydrogen (secondary N) is 2. The van der Waals surface area contributed by atoms with E-state index in [2.05, 4.69) is 119 Å². The Balaban J connectivity index is 0.788. The van der Waals surface area contributed by atoms with E-state index < -0.39 is 0 Å². The number of aliphatic imine (C=N–C) groups is 1. The number of imidazole rings is 1. The van der Waals surface area contributed by atoms with Gasteiger partial charge < -0.3 is 10.3 Å². The van der Waals surface area contributed by atoms with E-state index in [4.69, 9.17) is 9.98 Å². The smallest absolute Gasteiger partial charge is 0.110 e. The van der Waals surface area contributed by atoms with Gasteiger partial charge in [-0.3, -0.25) is 4.99 Å². The molecular weight excluding hydrogens is 609 g/mol. The number of nitrogens with zero attached hydrogens (tertiary/aromatic N) is 2. The van der Waals surface area contributed by atoms with Crippen LogP contribution in [0.1, 0.15) is 49.4 Å². The topological polar surface area (TPSA) is 53.1 Å². The van der Waals surface area contributed by atoms with Crippen molar-refractivity contribution in [2.75, 3.05) is 0 Å². The summed E-state index contributed by atoms with van der Waals surface area (Å²) in [5.41, 5.74) is 13.6. The highest BCUT2D eigenvalue weighted by Gasteiger charge is 2.48. The van der Waals surface area contributed by atoms with E-state index in [9.17, 15) is 0 Å². The molecule has 4 nitrogen and oxygen atoms in total. The molecule has 50 heavy (non-hydrogen) atoms. The minimum Gasteiger partial charge on any atom is -0.342 e. The van der Waals surface area contributed by atoms with E-state index in [1.165, 1.54) is 104 Å². The van der Waals surface area contributed by atoms with Gasteiger partial charge in [0, 0.05) is 30.1 Å². The lowest BCUT2D eigenvalue weighted by atomic mass is 9.94. The van der Waals surface area contributed by atoms with Crippen molar-refractivity contribution in [2.45, 2.75) is 56.5 Å². The van der Waals surface area contributed by atoms with Crippen LogP contribution in [0.5, 0.6) is 0 Å². The van der Waals surface area contributed by atoms with Crippen LogP contribution in [-0.4, -0.2) is 27.8 Å². The second kappa shape index (κ2) is 10.2. The van der Waals surface area contributed by atoms with Crippen LogP contribution in [0.25, 0.3) is 66.0 Å². The number of H-pyrrole nitrogens is 1. The first kappa shape index (κ1) is 27.7. The maximum atomic E-state index is 5.02. The van der Waals surface area contributed by atoms with E-state index in [-0.39, 0.29) is 0 Å². The summed E-state index contributed by atoms with van der Waals surface area (Å²) in [4.78, 5) is 13.7. The third-order valence-electron chi connectivity index (χ3n) is 12.8. The second-order valence-corrected chi connectivity index (χ2v) is 16.0. The third-order valence-corrected chi connectivity index (χ3v) is 12.8. The molecular formula is C46H38N4. The molecule has 3 saturated carbocycles. The Bertz CT molecular complexity index is 2570. The highest BCUT2D eigenvalue weighted by molar-refractivity contribution is 5.99. The Labute approximate surface area is 291 Å². The van der Waals surface area contributed by atoms with Gasteiger partial charge in [0.05, 0.1) is 16.7 Å². The van der Waals surface area contributed by atoms with Gasteiger partial charge >= 0.3 is 0 Å². The van der Waals surface area contributed by atoms with Crippen molar-refractivity contribution in [3.63, 3.8) is 0 Å². The molecule has 4 heteroatoms. The van der Waals surface area contributed by atoms with Gasteiger partial charge in [-0.05, 0) is 159 Å². The van der Waals surface area contributed by atoms with Crippen molar-refractivity contribution < 1.29 is 0 Å². The number of fused-ring (bicyclic) bond motifs is 6. The number of aromatic amines is 1. The zero-order chi connectivity index (χ0) is 32.5. The van der Waals surface area contributed by atoms with Crippen LogP contribution in [-0.2, 0) is 6.42 Å². The van der Waals surface area contributed by atoms with Gasteiger partial charge in [0.2, 0.25) is 0 Å². The van der Waals surface area contributed by atoms with E-state index >= 15 is 0 Å². The summed E-state index contributed by atoms with van der Waals surface area (Å²) in [6.07, 6.45) is 7.68. The fourth-order valence-electron chi connectivity index (χ4n) is 9.73. The van der Waals surface area contributed by atoms with Crippen molar-refractivity contribution in [3.05, 3.63) is 121 Å². The minimum absolute atomic E-state index is 0.480. The van der Waals surface area contributed by atoms with Gasteiger partial charge in [-0.25, -0.2) is 4.98 Å². The van der Waals surface area contributed by atoms with Crippen LogP contribution in [0.3, 0.4) is 0 Å². The van der Waals surface area contributed by atoms with Crippen LogP contribution < -0.4 is 5.32 Å². The van der Waals surface area contributed by atoms with Gasteiger partial charge in [-0.1, -0.05) is 60.7 Å². The number of hydrogen-bond acceptors (Lipinski definition) is 3. The molecule has 1 unspecified atom stereocenters. The molecule has 242 valence electrons. The molecule has 3 aliphatic carbocycles. The van der Waals surface area contributed by atoms with E-state index in [0.717, 1.165) is 46.9 Å². The Hall–Kier alpha value is -5.06. The quantitative estimate of drug-likeness (QED) is 0.196. The lowest BCUT2D eigenvalue weighted by molar-refractivity contribution is 0.597. The van der Waals surface area contributed by atoms with Crippen molar-refractivity contribution in [1.82, 2.24) is 15.3 Å². The van der Waals surface area contributed by atoms with Crippen LogP contribution in [0.4, 0.5) is 5.69 Å². The summed E-state index contributed by atoms with van der Waals surface area (Å²) in [6, 6.07) is 42.2. The molecule has 0 amide bonds. The Kier molecular flexibility index (Phi) is 5.68. The standard InChI is InChI=1S/C46H38N4/c1-2-28-15-31(33-9-11-40-37(17-33)23-44(47-40)45-24-38-22-42(38)48-45)6-5-27(28)13-25(1)26-3-4-30-16-32(8-7-29(30)14-26)34-10-12-41-43(21-34)50-46(49-41)39-19-35-18-36(35)20-39/h1-17,21,35-36,38-39,42,45,48H,18-20,22-24H2,(H,49,50)/t35-,36+,38-,39?,42-,45+/m1/s1. The average molecular weight is 647 g/mol. The third kappa shape index (κ3) is 4.54. The lowest BCUT2D eigenvalue weighted by Crippen LogP contribution is -2.33. The summed E-state index contributed by atoms with van der Waals surface area (Å²) in [7, 11) is 0. The molecule has 1 aromatic heterocycles. The Morgan fingerprint density at radius 1 is 0.520 bits per heavy atom. The molecule has 6 atom stereocenters. The molecule has 6 aromatic carbocycles. The molecule has 2 N–H and O–H groups in total. The zero-order valence-electron chi connectivity index (χ0n) is 28.0. The van der Waals surface area contributed by atoms with Gasteiger partial charge in [-0.15, -0.1) is 0 Å². The summed E-state index contributed by atoms with van der Waals surface area (Å²) >= 11 is 0. The van der Waals surface area contributed by atoms with E-state index in [1.807, 2.05) is 0 Å². The van der Waals surface area contributed by atoms with Gasteiger partial charge in [0.25, 0.3) is 0 Å². The molecule has 0 spiro atoms. The molecule has 12 rings (SSSR count).